The van der Waals surface area contributed by atoms with Crippen molar-refractivity contribution in [2.45, 2.75) is 13.5 Å². The van der Waals surface area contributed by atoms with Gasteiger partial charge >= 0.3 is 17.6 Å². The number of aryl methyl sites for hydroxylation is 2. The summed E-state index contributed by atoms with van der Waals surface area (Å²) < 4.78 is 12.3. The molecule has 0 aliphatic carbocycles. The molecule has 1 aromatic carbocycles. The zero-order valence-electron chi connectivity index (χ0n) is 17.5. The number of benzene rings is 1. The minimum absolute atomic E-state index is 0.150. The predicted octanol–water partition coefficient (Wildman–Crippen LogP) is 1.48. The van der Waals surface area contributed by atoms with Crippen molar-refractivity contribution in [1.82, 2.24) is 14.1 Å². The van der Waals surface area contributed by atoms with Crippen LogP contribution < -0.4 is 11.2 Å². The number of nitrogens with zero attached hydrogens (tertiary/aromatic N) is 3. The zero-order valence-corrected chi connectivity index (χ0v) is 17.5. The molecule has 0 aliphatic rings. The van der Waals surface area contributed by atoms with E-state index in [2.05, 4.69) is 4.98 Å². The molecule has 0 radical (unpaired) electrons. The topological polar surface area (TPSA) is 109 Å². The molecule has 2 aromatic heterocycles. The van der Waals surface area contributed by atoms with Crippen molar-refractivity contribution >= 4 is 28.9 Å². The van der Waals surface area contributed by atoms with E-state index in [-0.39, 0.29) is 23.4 Å². The molecular formula is C22H21N3O6. The maximum Gasteiger partial charge on any atom is 0.340 e. The molecule has 160 valence electrons. The smallest absolute Gasteiger partial charge is 0.340 e. The number of aromatic nitrogens is 3. The van der Waals surface area contributed by atoms with Crippen LogP contribution in [-0.4, -0.2) is 33.2 Å². The first-order valence-corrected chi connectivity index (χ1v) is 9.32. The summed E-state index contributed by atoms with van der Waals surface area (Å²) in [4.78, 5) is 52.8. The molecule has 0 bridgehead atoms. The average molecular weight is 423 g/mol. The second-order valence-electron chi connectivity index (χ2n) is 6.85. The van der Waals surface area contributed by atoms with E-state index in [1.807, 2.05) is 18.2 Å². The summed E-state index contributed by atoms with van der Waals surface area (Å²) in [6, 6.07) is 7.30. The normalized spacial score (nSPS) is 11.1. The van der Waals surface area contributed by atoms with E-state index in [0.29, 0.717) is 11.1 Å². The van der Waals surface area contributed by atoms with Gasteiger partial charge in [-0.1, -0.05) is 18.2 Å². The number of esters is 2. The summed E-state index contributed by atoms with van der Waals surface area (Å²) in [7, 11) is 4.12. The Bertz CT molecular complexity index is 1330. The van der Waals surface area contributed by atoms with Crippen molar-refractivity contribution in [1.29, 1.82) is 0 Å². The molecule has 0 fully saturated rings. The molecule has 31 heavy (non-hydrogen) atoms. The van der Waals surface area contributed by atoms with Crippen molar-refractivity contribution in [3.8, 4) is 0 Å². The number of carbonyl (C=O) groups excluding carboxylic acids is 2. The van der Waals surface area contributed by atoms with E-state index in [4.69, 9.17) is 9.47 Å². The molecule has 9 nitrogen and oxygen atoms in total. The van der Waals surface area contributed by atoms with Crippen LogP contribution in [0.1, 0.15) is 27.2 Å². The molecule has 0 N–H and O–H groups in total. The molecule has 3 rings (SSSR count). The lowest BCUT2D eigenvalue weighted by atomic mass is 10.0. The Morgan fingerprint density at radius 3 is 2.58 bits per heavy atom. The first kappa shape index (κ1) is 21.7. The van der Waals surface area contributed by atoms with Gasteiger partial charge in [0.15, 0.2) is 0 Å². The van der Waals surface area contributed by atoms with Gasteiger partial charge in [-0.05, 0) is 24.6 Å². The maximum absolute atomic E-state index is 12.3. The van der Waals surface area contributed by atoms with Gasteiger partial charge in [0.2, 0.25) is 0 Å². The Hall–Kier alpha value is -4.01. The minimum Gasteiger partial charge on any atom is -0.465 e. The van der Waals surface area contributed by atoms with Crippen LogP contribution in [0.2, 0.25) is 0 Å². The van der Waals surface area contributed by atoms with Gasteiger partial charge in [0.1, 0.15) is 6.61 Å². The van der Waals surface area contributed by atoms with Crippen molar-refractivity contribution in [3.63, 3.8) is 0 Å². The minimum atomic E-state index is -0.737. The van der Waals surface area contributed by atoms with E-state index in [0.717, 1.165) is 16.0 Å². The Labute approximate surface area is 177 Å². The molecular weight excluding hydrogens is 402 g/mol. The Kier molecular flexibility index (Phi) is 6.15. The third kappa shape index (κ3) is 4.30. The predicted molar refractivity (Wildman–Crippen MR) is 114 cm³/mol. The number of para-hydroxylation sites is 1. The zero-order chi connectivity index (χ0) is 22.7. The van der Waals surface area contributed by atoms with Gasteiger partial charge in [-0.2, -0.15) is 0 Å². The Morgan fingerprint density at radius 2 is 1.87 bits per heavy atom. The van der Waals surface area contributed by atoms with E-state index >= 15 is 0 Å². The molecule has 9 heteroatoms. The fourth-order valence-electron chi connectivity index (χ4n) is 3.21. The molecule has 0 atom stereocenters. The third-order valence-corrected chi connectivity index (χ3v) is 4.84. The molecule has 0 amide bonds. The van der Waals surface area contributed by atoms with Crippen LogP contribution >= 0.6 is 0 Å². The first-order chi connectivity index (χ1) is 14.7. The van der Waals surface area contributed by atoms with Gasteiger partial charge in [-0.3, -0.25) is 9.36 Å². The molecule has 2 heterocycles. The van der Waals surface area contributed by atoms with Crippen molar-refractivity contribution < 1.29 is 19.1 Å². The van der Waals surface area contributed by atoms with Gasteiger partial charge in [-0.15, -0.1) is 0 Å². The highest BCUT2D eigenvalue weighted by Crippen LogP contribution is 2.24. The number of carbonyl (C=O) groups is 2. The van der Waals surface area contributed by atoms with Gasteiger partial charge in [0, 0.05) is 31.8 Å². The largest absolute Gasteiger partial charge is 0.465 e. The molecule has 0 saturated carbocycles. The highest BCUT2D eigenvalue weighted by molar-refractivity contribution is 5.98. The lowest BCUT2D eigenvalue weighted by molar-refractivity contribution is -0.139. The number of methoxy groups -OCH3 is 1. The van der Waals surface area contributed by atoms with Crippen molar-refractivity contribution in [2.24, 2.45) is 14.1 Å². The standard InChI is InChI=1S/C22H21N3O6/c1-13-15-7-5-6-8-16(15)23-17(19(13)21(28)30-4)12-31-18(26)10-9-14-11-24(2)22(29)25(3)20(14)27/h5-11H,12H2,1-4H3/b10-9+. The summed E-state index contributed by atoms with van der Waals surface area (Å²) in [5, 5.41) is 0.795. The molecule has 0 aliphatic heterocycles. The van der Waals surface area contributed by atoms with E-state index in [1.54, 1.807) is 13.0 Å². The quantitative estimate of drug-likeness (QED) is 0.452. The number of rotatable bonds is 5. The lowest BCUT2D eigenvalue weighted by Crippen LogP contribution is -2.37. The molecule has 0 unspecified atom stereocenters. The molecule has 3 aromatic rings. The Morgan fingerprint density at radius 1 is 1.16 bits per heavy atom. The van der Waals surface area contributed by atoms with Gasteiger partial charge in [0.05, 0.1) is 29.4 Å². The fraction of sp³-hybridized carbons (Fsp3) is 0.227. The SMILES string of the molecule is COC(=O)c1c(COC(=O)/C=C/c2cn(C)c(=O)n(C)c2=O)nc2ccccc2c1C. The van der Waals surface area contributed by atoms with Crippen LogP contribution in [0.5, 0.6) is 0 Å². The number of hydrogen-bond donors (Lipinski definition) is 0. The summed E-state index contributed by atoms with van der Waals surface area (Å²) in [5.41, 5.74) is 0.977. The van der Waals surface area contributed by atoms with Gasteiger partial charge < -0.3 is 14.0 Å². The number of fused-ring (bicyclic) bond motifs is 1. The van der Waals surface area contributed by atoms with Crippen LogP contribution in [0.3, 0.4) is 0 Å². The average Bonchev–Trinajstić information content (AvgIpc) is 2.77. The highest BCUT2D eigenvalue weighted by Gasteiger charge is 2.20. The van der Waals surface area contributed by atoms with Gasteiger partial charge in [-0.25, -0.2) is 19.4 Å². The second-order valence-corrected chi connectivity index (χ2v) is 6.85. The Balaban J connectivity index is 1.87. The summed E-state index contributed by atoms with van der Waals surface area (Å²) in [5.74, 6) is -1.31. The van der Waals surface area contributed by atoms with Crippen LogP contribution in [0, 0.1) is 6.92 Å². The number of pyridine rings is 1. The monoisotopic (exact) mass is 423 g/mol. The molecule has 0 saturated heterocycles. The van der Waals surface area contributed by atoms with E-state index in [9.17, 15) is 19.2 Å². The maximum atomic E-state index is 12.3. The van der Waals surface area contributed by atoms with Gasteiger partial charge in [0.25, 0.3) is 5.56 Å². The third-order valence-electron chi connectivity index (χ3n) is 4.84. The highest BCUT2D eigenvalue weighted by atomic mass is 16.5. The molecule has 0 spiro atoms. The summed E-state index contributed by atoms with van der Waals surface area (Å²) in [6.45, 7) is 1.52. The van der Waals surface area contributed by atoms with Crippen LogP contribution in [0.25, 0.3) is 17.0 Å². The summed E-state index contributed by atoms with van der Waals surface area (Å²) in [6.07, 6.45) is 3.68. The number of hydrogen-bond acceptors (Lipinski definition) is 7. The van der Waals surface area contributed by atoms with Crippen molar-refractivity contribution in [2.75, 3.05) is 7.11 Å². The summed E-state index contributed by atoms with van der Waals surface area (Å²) >= 11 is 0. The van der Waals surface area contributed by atoms with Crippen LogP contribution in [-0.2, 0) is 35.0 Å². The van der Waals surface area contributed by atoms with Crippen LogP contribution in [0.4, 0.5) is 0 Å². The fourth-order valence-corrected chi connectivity index (χ4v) is 3.21. The van der Waals surface area contributed by atoms with Crippen molar-refractivity contribution in [3.05, 3.63) is 79.8 Å². The second kappa shape index (κ2) is 8.78. The lowest BCUT2D eigenvalue weighted by Gasteiger charge is -2.13. The number of ether oxygens (including phenoxy) is 2. The van der Waals surface area contributed by atoms with E-state index < -0.39 is 23.2 Å². The van der Waals surface area contributed by atoms with Crippen LogP contribution in [0.15, 0.2) is 46.1 Å². The van der Waals surface area contributed by atoms with E-state index in [1.165, 1.54) is 38.0 Å². The first-order valence-electron chi connectivity index (χ1n) is 9.32.